The third-order valence-electron chi connectivity index (χ3n) is 3.71. The molecule has 2 unspecified atom stereocenters. The van der Waals surface area contributed by atoms with Crippen molar-refractivity contribution >= 4 is 0 Å². The predicted molar refractivity (Wildman–Crippen MR) is 62.0 cm³/mol. The summed E-state index contributed by atoms with van der Waals surface area (Å²) in [5.41, 5.74) is 1.39. The number of hydrogen-bond acceptors (Lipinski definition) is 3. The lowest BCUT2D eigenvalue weighted by atomic mass is 9.97. The van der Waals surface area contributed by atoms with E-state index in [2.05, 4.69) is 17.4 Å². The topological polar surface area (TPSA) is 30.5 Å². The summed E-state index contributed by atoms with van der Waals surface area (Å²) >= 11 is 0. The first-order valence-electron chi connectivity index (χ1n) is 5.93. The molecule has 86 valence electrons. The number of nitrogens with one attached hydrogen (secondary N) is 1. The Morgan fingerprint density at radius 3 is 2.88 bits per heavy atom. The Morgan fingerprint density at radius 2 is 2.06 bits per heavy atom. The van der Waals surface area contributed by atoms with E-state index in [1.807, 2.05) is 13.1 Å². The van der Waals surface area contributed by atoms with E-state index in [-0.39, 0.29) is 0 Å². The number of hydrogen-bond donors (Lipinski definition) is 1. The van der Waals surface area contributed by atoms with Gasteiger partial charge in [-0.3, -0.25) is 0 Å². The molecule has 0 bridgehead atoms. The smallest absolute Gasteiger partial charge is 0.231 e. The number of ether oxygens (including phenoxy) is 2. The van der Waals surface area contributed by atoms with Crippen LogP contribution in [0.4, 0.5) is 0 Å². The van der Waals surface area contributed by atoms with Crippen molar-refractivity contribution in [3.63, 3.8) is 0 Å². The highest BCUT2D eigenvalue weighted by Crippen LogP contribution is 2.39. The van der Waals surface area contributed by atoms with E-state index in [4.69, 9.17) is 9.47 Å². The number of rotatable bonds is 2. The van der Waals surface area contributed by atoms with E-state index >= 15 is 0 Å². The fourth-order valence-electron chi connectivity index (χ4n) is 2.71. The van der Waals surface area contributed by atoms with Gasteiger partial charge in [-0.25, -0.2) is 0 Å². The summed E-state index contributed by atoms with van der Waals surface area (Å²) in [7, 11) is 2.05. The van der Waals surface area contributed by atoms with Gasteiger partial charge in [-0.05, 0) is 49.9 Å². The van der Waals surface area contributed by atoms with Crippen LogP contribution in [0, 0.1) is 0 Å². The summed E-state index contributed by atoms with van der Waals surface area (Å²) in [4.78, 5) is 0. The van der Waals surface area contributed by atoms with Gasteiger partial charge in [0.1, 0.15) is 0 Å². The highest BCUT2D eigenvalue weighted by molar-refractivity contribution is 5.45. The lowest BCUT2D eigenvalue weighted by Crippen LogP contribution is -2.21. The molecule has 1 aliphatic carbocycles. The summed E-state index contributed by atoms with van der Waals surface area (Å²) in [5.74, 6) is 2.46. The second-order valence-corrected chi connectivity index (χ2v) is 4.61. The van der Waals surface area contributed by atoms with Crippen LogP contribution >= 0.6 is 0 Å². The van der Waals surface area contributed by atoms with Crippen molar-refractivity contribution in [2.24, 2.45) is 0 Å². The SMILES string of the molecule is CNC1CCC(c2ccc3c(c2)OCO3)C1. The first-order valence-corrected chi connectivity index (χ1v) is 5.93. The summed E-state index contributed by atoms with van der Waals surface area (Å²) in [6.45, 7) is 0.364. The molecule has 16 heavy (non-hydrogen) atoms. The molecule has 2 aliphatic rings. The maximum absolute atomic E-state index is 5.41. The van der Waals surface area contributed by atoms with Crippen LogP contribution in [0.2, 0.25) is 0 Å². The van der Waals surface area contributed by atoms with Crippen molar-refractivity contribution in [1.29, 1.82) is 0 Å². The zero-order chi connectivity index (χ0) is 11.0. The molecule has 1 heterocycles. The third kappa shape index (κ3) is 1.65. The summed E-state index contributed by atoms with van der Waals surface area (Å²) < 4.78 is 10.7. The Labute approximate surface area is 95.8 Å². The highest BCUT2D eigenvalue weighted by Gasteiger charge is 2.26. The fraction of sp³-hybridized carbons (Fsp3) is 0.538. The lowest BCUT2D eigenvalue weighted by molar-refractivity contribution is 0.174. The first kappa shape index (κ1) is 9.97. The quantitative estimate of drug-likeness (QED) is 0.827. The molecule has 0 radical (unpaired) electrons. The zero-order valence-electron chi connectivity index (χ0n) is 9.53. The molecule has 3 rings (SSSR count). The van der Waals surface area contributed by atoms with Gasteiger partial charge >= 0.3 is 0 Å². The van der Waals surface area contributed by atoms with Crippen LogP contribution in [0.15, 0.2) is 18.2 Å². The Morgan fingerprint density at radius 1 is 1.19 bits per heavy atom. The van der Waals surface area contributed by atoms with E-state index in [9.17, 15) is 0 Å². The van der Waals surface area contributed by atoms with Crippen LogP contribution in [0.3, 0.4) is 0 Å². The molecule has 2 atom stereocenters. The van der Waals surface area contributed by atoms with Crippen LogP contribution in [0.25, 0.3) is 0 Å². The molecule has 1 aliphatic heterocycles. The van der Waals surface area contributed by atoms with Gasteiger partial charge in [-0.1, -0.05) is 6.07 Å². The van der Waals surface area contributed by atoms with E-state index in [1.54, 1.807) is 0 Å². The average molecular weight is 219 g/mol. The van der Waals surface area contributed by atoms with Crippen LogP contribution in [0.5, 0.6) is 11.5 Å². The van der Waals surface area contributed by atoms with Gasteiger partial charge in [0.25, 0.3) is 0 Å². The Kier molecular flexibility index (Phi) is 2.48. The maximum atomic E-state index is 5.41. The normalized spacial score (nSPS) is 27.3. The Balaban J connectivity index is 1.80. The minimum absolute atomic E-state index is 0.364. The van der Waals surface area contributed by atoms with Crippen molar-refractivity contribution in [3.8, 4) is 11.5 Å². The molecule has 1 fully saturated rings. The predicted octanol–water partition coefficient (Wildman–Crippen LogP) is 2.27. The standard InChI is InChI=1S/C13H17NO2/c1-14-11-4-2-9(6-11)10-3-5-12-13(7-10)16-8-15-12/h3,5,7,9,11,14H,2,4,6,8H2,1H3. The molecule has 3 nitrogen and oxygen atoms in total. The van der Waals surface area contributed by atoms with Crippen molar-refractivity contribution in [2.45, 2.75) is 31.2 Å². The molecule has 0 aromatic heterocycles. The van der Waals surface area contributed by atoms with Crippen molar-refractivity contribution < 1.29 is 9.47 Å². The minimum Gasteiger partial charge on any atom is -0.454 e. The maximum Gasteiger partial charge on any atom is 0.231 e. The number of benzene rings is 1. The molecule has 0 saturated heterocycles. The van der Waals surface area contributed by atoms with E-state index in [1.165, 1.54) is 24.8 Å². The van der Waals surface area contributed by atoms with E-state index in [0.717, 1.165) is 11.5 Å². The molecular weight excluding hydrogens is 202 g/mol. The Hall–Kier alpha value is -1.22. The van der Waals surface area contributed by atoms with Gasteiger partial charge < -0.3 is 14.8 Å². The van der Waals surface area contributed by atoms with Gasteiger partial charge in [-0.15, -0.1) is 0 Å². The molecule has 1 saturated carbocycles. The van der Waals surface area contributed by atoms with E-state index in [0.29, 0.717) is 18.8 Å². The lowest BCUT2D eigenvalue weighted by Gasteiger charge is -2.11. The van der Waals surface area contributed by atoms with Crippen molar-refractivity contribution in [3.05, 3.63) is 23.8 Å². The first-order chi connectivity index (χ1) is 7.86. The van der Waals surface area contributed by atoms with Gasteiger partial charge in [0.05, 0.1) is 0 Å². The second-order valence-electron chi connectivity index (χ2n) is 4.61. The summed E-state index contributed by atoms with van der Waals surface area (Å²) in [5, 5.41) is 3.36. The second kappa shape index (κ2) is 3.98. The van der Waals surface area contributed by atoms with Gasteiger partial charge in [0.2, 0.25) is 6.79 Å². The average Bonchev–Trinajstić information content (AvgIpc) is 2.96. The summed E-state index contributed by atoms with van der Waals surface area (Å²) in [6.07, 6.45) is 3.77. The van der Waals surface area contributed by atoms with Crippen LogP contribution in [-0.4, -0.2) is 19.9 Å². The highest BCUT2D eigenvalue weighted by atomic mass is 16.7. The van der Waals surface area contributed by atoms with Gasteiger partial charge in [0, 0.05) is 6.04 Å². The van der Waals surface area contributed by atoms with Crippen molar-refractivity contribution in [1.82, 2.24) is 5.32 Å². The van der Waals surface area contributed by atoms with Crippen LogP contribution in [-0.2, 0) is 0 Å². The molecular formula is C13H17NO2. The molecule has 3 heteroatoms. The zero-order valence-corrected chi connectivity index (χ0v) is 9.53. The monoisotopic (exact) mass is 219 g/mol. The van der Waals surface area contributed by atoms with E-state index < -0.39 is 0 Å². The summed E-state index contributed by atoms with van der Waals surface area (Å²) in [6, 6.07) is 7.03. The molecule has 1 aromatic rings. The molecule has 1 aromatic carbocycles. The molecule has 1 N–H and O–H groups in total. The Bertz CT molecular complexity index is 392. The minimum atomic E-state index is 0.364. The van der Waals surface area contributed by atoms with Crippen LogP contribution < -0.4 is 14.8 Å². The number of fused-ring (bicyclic) bond motifs is 1. The fourth-order valence-corrected chi connectivity index (χ4v) is 2.71. The third-order valence-corrected chi connectivity index (χ3v) is 3.71. The molecule has 0 amide bonds. The van der Waals surface area contributed by atoms with Crippen LogP contribution in [0.1, 0.15) is 30.7 Å². The molecule has 0 spiro atoms. The largest absolute Gasteiger partial charge is 0.454 e. The van der Waals surface area contributed by atoms with Gasteiger partial charge in [0.15, 0.2) is 11.5 Å². The van der Waals surface area contributed by atoms with Crippen molar-refractivity contribution in [2.75, 3.05) is 13.8 Å². The van der Waals surface area contributed by atoms with Gasteiger partial charge in [-0.2, -0.15) is 0 Å².